The lowest BCUT2D eigenvalue weighted by Gasteiger charge is -2.01. The number of halogens is 3. The molecule has 1 atom stereocenters. The van der Waals surface area contributed by atoms with Crippen molar-refractivity contribution in [3.63, 3.8) is 0 Å². The van der Waals surface area contributed by atoms with Gasteiger partial charge in [0.25, 0.3) is 0 Å². The van der Waals surface area contributed by atoms with E-state index in [2.05, 4.69) is 4.98 Å². The Morgan fingerprint density at radius 1 is 0.958 bits per heavy atom. The summed E-state index contributed by atoms with van der Waals surface area (Å²) in [6, 6.07) is 9.07. The molecule has 3 rings (SSSR count). The average molecular weight is 351 g/mol. The van der Waals surface area contributed by atoms with Crippen LogP contribution in [-0.4, -0.2) is 9.19 Å². The third-order valence-corrected chi connectivity index (χ3v) is 4.54. The van der Waals surface area contributed by atoms with Crippen LogP contribution < -0.4 is 0 Å². The van der Waals surface area contributed by atoms with Crippen LogP contribution in [0, 0.1) is 17.5 Å². The van der Waals surface area contributed by atoms with Gasteiger partial charge in [0.05, 0.1) is 11.4 Å². The van der Waals surface area contributed by atoms with Crippen molar-refractivity contribution >= 4 is 10.8 Å². The maximum atomic E-state index is 13.1. The van der Waals surface area contributed by atoms with Crippen LogP contribution >= 0.6 is 0 Å². The minimum Gasteiger partial charge on any atom is -0.444 e. The molecule has 124 valence electrons. The van der Waals surface area contributed by atoms with E-state index < -0.39 is 22.4 Å². The Balaban J connectivity index is 1.66. The summed E-state index contributed by atoms with van der Waals surface area (Å²) in [6.45, 7) is 0. The highest BCUT2D eigenvalue weighted by Gasteiger charge is 2.11. The Morgan fingerprint density at radius 2 is 1.71 bits per heavy atom. The second kappa shape index (κ2) is 7.00. The van der Waals surface area contributed by atoms with E-state index in [-0.39, 0.29) is 17.3 Å². The second-order valence-corrected chi connectivity index (χ2v) is 6.58. The van der Waals surface area contributed by atoms with Gasteiger partial charge < -0.3 is 4.42 Å². The van der Waals surface area contributed by atoms with Gasteiger partial charge in [-0.15, -0.1) is 0 Å². The minimum absolute atomic E-state index is 0.0793. The van der Waals surface area contributed by atoms with Crippen molar-refractivity contribution in [2.75, 3.05) is 0 Å². The number of hydrogen-bond acceptors (Lipinski definition) is 3. The molecule has 0 bridgehead atoms. The van der Waals surface area contributed by atoms with Crippen molar-refractivity contribution < 1.29 is 21.8 Å². The molecule has 2 aromatic carbocycles. The average Bonchev–Trinajstić information content (AvgIpc) is 3.00. The number of aromatic nitrogens is 1. The quantitative estimate of drug-likeness (QED) is 0.692. The minimum atomic E-state index is -1.36. The summed E-state index contributed by atoms with van der Waals surface area (Å²) in [6.07, 6.45) is 1.38. The van der Waals surface area contributed by atoms with Gasteiger partial charge in [0.2, 0.25) is 5.89 Å². The zero-order valence-electron chi connectivity index (χ0n) is 12.3. The van der Waals surface area contributed by atoms with Crippen LogP contribution in [-0.2, 0) is 22.3 Å². The Labute approximate surface area is 138 Å². The fourth-order valence-corrected chi connectivity index (χ4v) is 3.25. The van der Waals surface area contributed by atoms with Gasteiger partial charge in [-0.3, -0.25) is 4.21 Å². The lowest BCUT2D eigenvalue weighted by Crippen LogP contribution is -2.01. The SMILES string of the molecule is O=S(Cc1ccc(F)c(F)c1)Cc1coc(-c2ccc(F)cc2)n1. The van der Waals surface area contributed by atoms with Crippen LogP contribution in [0.4, 0.5) is 13.2 Å². The Morgan fingerprint density at radius 3 is 2.42 bits per heavy atom. The summed E-state index contributed by atoms with van der Waals surface area (Å²) < 4.78 is 56.4. The summed E-state index contributed by atoms with van der Waals surface area (Å²) in [5, 5.41) is 0. The molecule has 7 heteroatoms. The summed E-state index contributed by atoms with van der Waals surface area (Å²) in [7, 11) is -1.36. The molecule has 0 N–H and O–H groups in total. The first-order valence-corrected chi connectivity index (χ1v) is 8.49. The third-order valence-electron chi connectivity index (χ3n) is 3.26. The van der Waals surface area contributed by atoms with Crippen molar-refractivity contribution in [1.29, 1.82) is 0 Å². The summed E-state index contributed by atoms with van der Waals surface area (Å²) >= 11 is 0. The van der Waals surface area contributed by atoms with E-state index in [1.807, 2.05) is 0 Å². The van der Waals surface area contributed by atoms with E-state index in [1.165, 1.54) is 36.6 Å². The molecular weight excluding hydrogens is 339 g/mol. The molecular formula is C17H12F3NO2S. The Bertz CT molecular complexity index is 878. The topological polar surface area (TPSA) is 43.1 Å². The highest BCUT2D eigenvalue weighted by Crippen LogP contribution is 2.20. The molecule has 3 aromatic rings. The Hall–Kier alpha value is -2.41. The first kappa shape index (κ1) is 16.4. The lowest BCUT2D eigenvalue weighted by atomic mass is 10.2. The van der Waals surface area contributed by atoms with Crippen molar-refractivity contribution in [3.05, 3.63) is 77.4 Å². The van der Waals surface area contributed by atoms with Crippen LogP contribution in [0.1, 0.15) is 11.3 Å². The molecule has 0 saturated carbocycles. The van der Waals surface area contributed by atoms with Gasteiger partial charge in [-0.2, -0.15) is 0 Å². The number of benzene rings is 2. The van der Waals surface area contributed by atoms with Crippen molar-refractivity contribution in [2.45, 2.75) is 11.5 Å². The van der Waals surface area contributed by atoms with Crippen molar-refractivity contribution in [1.82, 2.24) is 4.98 Å². The molecule has 0 aliphatic rings. The van der Waals surface area contributed by atoms with Gasteiger partial charge in [0, 0.05) is 22.1 Å². The molecule has 0 aliphatic carbocycles. The van der Waals surface area contributed by atoms with Gasteiger partial charge in [-0.05, 0) is 42.0 Å². The van der Waals surface area contributed by atoms with E-state index in [9.17, 15) is 17.4 Å². The summed E-state index contributed by atoms with van der Waals surface area (Å²) in [5.41, 5.74) is 1.51. The van der Waals surface area contributed by atoms with Gasteiger partial charge in [-0.1, -0.05) is 6.07 Å². The highest BCUT2D eigenvalue weighted by atomic mass is 32.2. The summed E-state index contributed by atoms with van der Waals surface area (Å²) in [5.74, 6) is -1.78. The molecule has 24 heavy (non-hydrogen) atoms. The van der Waals surface area contributed by atoms with Crippen LogP contribution in [0.15, 0.2) is 53.1 Å². The number of nitrogens with zero attached hydrogens (tertiary/aromatic N) is 1. The fraction of sp³-hybridized carbons (Fsp3) is 0.118. The van der Waals surface area contributed by atoms with Crippen LogP contribution in [0.25, 0.3) is 11.5 Å². The molecule has 0 saturated heterocycles. The predicted octanol–water partition coefficient (Wildman–Crippen LogP) is 4.21. The fourth-order valence-electron chi connectivity index (χ4n) is 2.13. The molecule has 0 spiro atoms. The van der Waals surface area contributed by atoms with Gasteiger partial charge in [0.1, 0.15) is 12.1 Å². The molecule has 1 aromatic heterocycles. The number of oxazole rings is 1. The van der Waals surface area contributed by atoms with E-state index >= 15 is 0 Å². The standard InChI is InChI=1S/C17H12F3NO2S/c18-13-4-2-12(3-5-13)17-21-14(8-23-17)10-24(22)9-11-1-6-15(19)16(20)7-11/h1-8H,9-10H2. The predicted molar refractivity (Wildman–Crippen MR) is 83.8 cm³/mol. The first-order valence-electron chi connectivity index (χ1n) is 7.00. The first-order chi connectivity index (χ1) is 11.5. The van der Waals surface area contributed by atoms with E-state index in [0.717, 1.165) is 12.1 Å². The largest absolute Gasteiger partial charge is 0.444 e. The lowest BCUT2D eigenvalue weighted by molar-refractivity contribution is 0.507. The molecule has 0 fully saturated rings. The molecule has 0 aliphatic heterocycles. The number of hydrogen-bond donors (Lipinski definition) is 0. The highest BCUT2D eigenvalue weighted by molar-refractivity contribution is 7.83. The molecule has 0 radical (unpaired) electrons. The maximum absolute atomic E-state index is 13.1. The number of rotatable bonds is 5. The van der Waals surface area contributed by atoms with Crippen molar-refractivity contribution in [2.24, 2.45) is 0 Å². The second-order valence-electron chi connectivity index (χ2n) is 5.13. The smallest absolute Gasteiger partial charge is 0.226 e. The summed E-state index contributed by atoms with van der Waals surface area (Å²) in [4.78, 5) is 4.21. The molecule has 1 unspecified atom stereocenters. The van der Waals surface area contributed by atoms with Crippen molar-refractivity contribution in [3.8, 4) is 11.5 Å². The zero-order valence-corrected chi connectivity index (χ0v) is 13.2. The normalized spacial score (nSPS) is 12.3. The van der Waals surface area contributed by atoms with Gasteiger partial charge in [0.15, 0.2) is 11.6 Å². The van der Waals surface area contributed by atoms with Gasteiger partial charge >= 0.3 is 0 Å². The van der Waals surface area contributed by atoms with E-state index in [1.54, 1.807) is 0 Å². The third kappa shape index (κ3) is 3.91. The van der Waals surface area contributed by atoms with Gasteiger partial charge in [-0.25, -0.2) is 18.2 Å². The van der Waals surface area contributed by atoms with E-state index in [0.29, 0.717) is 22.7 Å². The van der Waals surface area contributed by atoms with Crippen LogP contribution in [0.5, 0.6) is 0 Å². The monoisotopic (exact) mass is 351 g/mol. The van der Waals surface area contributed by atoms with Crippen LogP contribution in [0.3, 0.4) is 0 Å². The molecule has 3 nitrogen and oxygen atoms in total. The Kier molecular flexibility index (Phi) is 4.80. The maximum Gasteiger partial charge on any atom is 0.226 e. The molecule has 0 amide bonds. The van der Waals surface area contributed by atoms with Crippen LogP contribution in [0.2, 0.25) is 0 Å². The molecule has 1 heterocycles. The zero-order chi connectivity index (χ0) is 17.1. The van der Waals surface area contributed by atoms with E-state index in [4.69, 9.17) is 4.42 Å².